The molecule has 0 aliphatic heterocycles. The minimum atomic E-state index is -0.730. The van der Waals surface area contributed by atoms with E-state index in [-0.39, 0.29) is 17.9 Å². The Morgan fingerprint density at radius 1 is 1.30 bits per heavy atom. The van der Waals surface area contributed by atoms with E-state index in [1.165, 1.54) is 16.8 Å². The van der Waals surface area contributed by atoms with Gasteiger partial charge in [-0.05, 0) is 4.92 Å². The molecule has 0 unspecified atom stereocenters. The van der Waals surface area contributed by atoms with E-state index in [0.717, 1.165) is 6.33 Å². The van der Waals surface area contributed by atoms with Crippen LogP contribution >= 0.6 is 0 Å². The maximum absolute atomic E-state index is 10.9. The molecule has 0 fully saturated rings. The molecule has 0 radical (unpaired) electrons. The number of aromatic nitrogens is 3. The van der Waals surface area contributed by atoms with Gasteiger partial charge in [-0.1, -0.05) is 17.1 Å². The number of para-hydroxylation sites is 1. The molecule has 0 spiro atoms. The van der Waals surface area contributed by atoms with Crippen LogP contribution in [0.15, 0.2) is 24.5 Å². The lowest BCUT2D eigenvalue weighted by atomic mass is 10.1. The zero-order chi connectivity index (χ0) is 14.7. The monoisotopic (exact) mass is 279 g/mol. The zero-order valence-electron chi connectivity index (χ0n) is 9.96. The van der Waals surface area contributed by atoms with Crippen LogP contribution in [0.1, 0.15) is 5.56 Å². The fraction of sp³-hybridized carbons (Fsp3) is 0.111. The Kier molecular flexibility index (Phi) is 3.52. The van der Waals surface area contributed by atoms with Gasteiger partial charge >= 0.3 is 5.95 Å². The van der Waals surface area contributed by atoms with E-state index in [1.54, 1.807) is 6.07 Å². The smallest absolute Gasteiger partial charge is 0.390 e. The van der Waals surface area contributed by atoms with Gasteiger partial charge in [0.1, 0.15) is 5.69 Å². The molecule has 0 aliphatic carbocycles. The molecule has 1 aromatic carbocycles. The molecule has 11 heteroatoms. The molecular weight excluding hydrogens is 270 g/mol. The second-order valence-corrected chi connectivity index (χ2v) is 3.71. The Balaban J connectivity index is 2.35. The number of rotatable bonds is 5. The number of benzene rings is 1. The fourth-order valence-corrected chi connectivity index (χ4v) is 1.66. The van der Waals surface area contributed by atoms with Gasteiger partial charge in [-0.3, -0.25) is 16.0 Å². The number of hydrogen-bond donors (Lipinski definition) is 2. The second kappa shape index (κ2) is 5.27. The van der Waals surface area contributed by atoms with E-state index in [4.69, 9.17) is 5.84 Å². The Bertz CT molecular complexity index is 668. The third-order valence-corrected chi connectivity index (χ3v) is 2.49. The van der Waals surface area contributed by atoms with Gasteiger partial charge in [-0.15, -0.1) is 0 Å². The Labute approximate surface area is 111 Å². The first-order chi connectivity index (χ1) is 9.52. The normalized spacial score (nSPS) is 10.2. The lowest BCUT2D eigenvalue weighted by molar-refractivity contribution is -0.394. The number of nitrogen functional groups attached to an aromatic ring is 1. The first kappa shape index (κ1) is 13.4. The molecule has 0 bridgehead atoms. The average molecular weight is 279 g/mol. The first-order valence-corrected chi connectivity index (χ1v) is 5.29. The predicted molar refractivity (Wildman–Crippen MR) is 66.7 cm³/mol. The minimum absolute atomic E-state index is 0.0576. The molecular formula is C9H9N7O4. The summed E-state index contributed by atoms with van der Waals surface area (Å²) in [6.45, 7) is 0.0576. The molecule has 0 saturated carbocycles. The quantitative estimate of drug-likeness (QED) is 0.453. The van der Waals surface area contributed by atoms with Gasteiger partial charge in [0.2, 0.25) is 6.33 Å². The molecule has 0 aliphatic rings. The number of hydrogen-bond acceptors (Lipinski definition) is 8. The van der Waals surface area contributed by atoms with Crippen molar-refractivity contribution in [3.8, 4) is 0 Å². The summed E-state index contributed by atoms with van der Waals surface area (Å²) in [7, 11) is 0. The topological polar surface area (TPSA) is 155 Å². The van der Waals surface area contributed by atoms with Crippen molar-refractivity contribution in [1.82, 2.24) is 14.8 Å². The van der Waals surface area contributed by atoms with Crippen molar-refractivity contribution in [1.29, 1.82) is 0 Å². The molecule has 104 valence electrons. The molecule has 2 aromatic rings. The molecule has 0 amide bonds. The van der Waals surface area contributed by atoms with Crippen LogP contribution in [0, 0.1) is 20.2 Å². The number of nitro groups is 2. The van der Waals surface area contributed by atoms with Crippen molar-refractivity contribution in [2.75, 3.05) is 5.43 Å². The van der Waals surface area contributed by atoms with E-state index < -0.39 is 15.8 Å². The summed E-state index contributed by atoms with van der Waals surface area (Å²) in [5.74, 6) is 4.74. The van der Waals surface area contributed by atoms with Crippen molar-refractivity contribution in [2.24, 2.45) is 5.84 Å². The van der Waals surface area contributed by atoms with Crippen LogP contribution in [0.2, 0.25) is 0 Å². The number of nitrogens with one attached hydrogen (secondary N) is 1. The van der Waals surface area contributed by atoms with E-state index >= 15 is 0 Å². The van der Waals surface area contributed by atoms with Crippen LogP contribution in [-0.2, 0) is 6.54 Å². The van der Waals surface area contributed by atoms with Crippen LogP contribution in [0.3, 0.4) is 0 Å². The third-order valence-electron chi connectivity index (χ3n) is 2.49. The van der Waals surface area contributed by atoms with Crippen molar-refractivity contribution in [2.45, 2.75) is 6.54 Å². The lowest BCUT2D eigenvalue weighted by Gasteiger charge is -2.07. The van der Waals surface area contributed by atoms with Crippen molar-refractivity contribution in [3.05, 3.63) is 50.3 Å². The third kappa shape index (κ3) is 2.51. The Morgan fingerprint density at radius 2 is 2.05 bits per heavy atom. The number of nitrogens with two attached hydrogens (primary N) is 1. The van der Waals surface area contributed by atoms with Crippen LogP contribution < -0.4 is 11.3 Å². The summed E-state index contributed by atoms with van der Waals surface area (Å²) in [5.41, 5.74) is 2.64. The fourth-order valence-electron chi connectivity index (χ4n) is 1.66. The lowest BCUT2D eigenvalue weighted by Crippen LogP contribution is -2.13. The molecule has 2 rings (SSSR count). The Hall–Kier alpha value is -3.08. The molecule has 1 heterocycles. The molecule has 0 atom stereocenters. The zero-order valence-corrected chi connectivity index (χ0v) is 9.96. The average Bonchev–Trinajstić information content (AvgIpc) is 2.87. The summed E-state index contributed by atoms with van der Waals surface area (Å²) in [4.78, 5) is 23.5. The molecule has 0 saturated heterocycles. The Morgan fingerprint density at radius 3 is 2.60 bits per heavy atom. The van der Waals surface area contributed by atoms with Gasteiger partial charge in [-0.25, -0.2) is 0 Å². The van der Waals surface area contributed by atoms with Gasteiger partial charge in [0, 0.05) is 16.7 Å². The predicted octanol–water partition coefficient (Wildman–Crippen LogP) is 0.428. The van der Waals surface area contributed by atoms with Gasteiger partial charge in [0.25, 0.3) is 5.69 Å². The van der Waals surface area contributed by atoms with Crippen LogP contribution in [0.5, 0.6) is 0 Å². The van der Waals surface area contributed by atoms with Crippen LogP contribution in [-0.4, -0.2) is 24.6 Å². The highest BCUT2D eigenvalue weighted by Gasteiger charge is 2.19. The summed E-state index contributed by atoms with van der Waals surface area (Å²) in [6.07, 6.45) is 1.16. The van der Waals surface area contributed by atoms with Crippen molar-refractivity contribution < 1.29 is 9.85 Å². The highest BCUT2D eigenvalue weighted by molar-refractivity contribution is 5.65. The summed E-state index contributed by atoms with van der Waals surface area (Å²) in [5, 5.41) is 25.0. The second-order valence-electron chi connectivity index (χ2n) is 3.71. The molecule has 20 heavy (non-hydrogen) atoms. The summed E-state index contributed by atoms with van der Waals surface area (Å²) < 4.78 is 1.19. The standard InChI is InChI=1S/C9H9N7O4/c10-12-8-6(2-1-3-7(8)15(17)18)4-14-5-11-9(13-14)16(19)20/h1-3,5,12H,4,10H2. The van der Waals surface area contributed by atoms with Gasteiger partial charge in [0.15, 0.2) is 0 Å². The molecule has 11 nitrogen and oxygen atoms in total. The van der Waals surface area contributed by atoms with Crippen molar-refractivity contribution >= 4 is 17.3 Å². The van der Waals surface area contributed by atoms with Gasteiger partial charge in [0.05, 0.1) is 11.5 Å². The largest absolute Gasteiger partial charge is 0.490 e. The summed E-state index contributed by atoms with van der Waals surface area (Å²) in [6, 6.07) is 4.37. The van der Waals surface area contributed by atoms with E-state index in [0.29, 0.717) is 5.56 Å². The van der Waals surface area contributed by atoms with E-state index in [2.05, 4.69) is 15.5 Å². The van der Waals surface area contributed by atoms with E-state index in [9.17, 15) is 20.2 Å². The minimum Gasteiger partial charge on any atom is -0.390 e. The highest BCUT2D eigenvalue weighted by atomic mass is 16.6. The highest BCUT2D eigenvalue weighted by Crippen LogP contribution is 2.27. The summed E-state index contributed by atoms with van der Waals surface area (Å²) >= 11 is 0. The van der Waals surface area contributed by atoms with E-state index in [1.807, 2.05) is 0 Å². The number of hydrazine groups is 1. The van der Waals surface area contributed by atoms with Gasteiger partial charge < -0.3 is 15.5 Å². The SMILES string of the molecule is NNc1c(Cn2cnc([N+](=O)[O-])n2)cccc1[N+](=O)[O-]. The maximum atomic E-state index is 10.9. The van der Waals surface area contributed by atoms with Gasteiger partial charge in [-0.2, -0.15) is 4.68 Å². The van der Waals surface area contributed by atoms with Crippen molar-refractivity contribution in [3.63, 3.8) is 0 Å². The van der Waals surface area contributed by atoms with Crippen LogP contribution in [0.4, 0.5) is 17.3 Å². The number of anilines is 1. The van der Waals surface area contributed by atoms with Crippen LogP contribution in [0.25, 0.3) is 0 Å². The molecule has 1 aromatic heterocycles. The number of nitro benzene ring substituents is 1. The maximum Gasteiger partial charge on any atom is 0.490 e. The number of nitrogens with zero attached hydrogens (tertiary/aromatic N) is 5. The molecule has 3 N–H and O–H groups in total. The first-order valence-electron chi connectivity index (χ1n) is 5.29.